The van der Waals surface area contributed by atoms with E-state index >= 15 is 0 Å². The molecule has 0 radical (unpaired) electrons. The second-order valence-electron chi connectivity index (χ2n) is 4.26. The third-order valence-electron chi connectivity index (χ3n) is 2.92. The van der Waals surface area contributed by atoms with E-state index in [1.165, 1.54) is 0 Å². The van der Waals surface area contributed by atoms with Crippen molar-refractivity contribution < 1.29 is 14.6 Å². The molecular weight excluding hydrogens is 206 g/mol. The molecule has 0 bridgehead atoms. The molecule has 0 saturated carbocycles. The molecule has 0 aromatic heterocycles. The van der Waals surface area contributed by atoms with Gasteiger partial charge in [-0.2, -0.15) is 0 Å². The van der Waals surface area contributed by atoms with Crippen LogP contribution in [0.1, 0.15) is 15.9 Å². The highest BCUT2D eigenvalue weighted by Gasteiger charge is 2.22. The summed E-state index contributed by atoms with van der Waals surface area (Å²) in [6, 6.07) is 5.34. The molecule has 86 valence electrons. The van der Waals surface area contributed by atoms with Crippen molar-refractivity contribution in [2.75, 3.05) is 20.7 Å². The monoisotopic (exact) mass is 221 g/mol. The molecule has 1 aromatic rings. The van der Waals surface area contributed by atoms with Gasteiger partial charge in [0, 0.05) is 6.04 Å². The number of carboxylic acids is 1. The van der Waals surface area contributed by atoms with Crippen LogP contribution in [0.5, 0.6) is 5.75 Å². The summed E-state index contributed by atoms with van der Waals surface area (Å²) in [6.07, 6.45) is 0.837. The molecular formula is C12H15NO3. The molecule has 0 spiro atoms. The van der Waals surface area contributed by atoms with Crippen molar-refractivity contribution in [2.45, 2.75) is 12.5 Å². The van der Waals surface area contributed by atoms with E-state index in [-0.39, 0.29) is 0 Å². The fraction of sp³-hybridized carbons (Fsp3) is 0.417. The molecule has 1 aliphatic heterocycles. The number of fused-ring (bicyclic) bond motifs is 1. The Labute approximate surface area is 94.4 Å². The second kappa shape index (κ2) is 4.14. The number of hydrogen-bond donors (Lipinski definition) is 1. The van der Waals surface area contributed by atoms with E-state index in [0.717, 1.165) is 17.7 Å². The Hall–Kier alpha value is -1.55. The Morgan fingerprint density at radius 3 is 2.88 bits per heavy atom. The van der Waals surface area contributed by atoms with Crippen molar-refractivity contribution in [3.8, 4) is 5.75 Å². The van der Waals surface area contributed by atoms with Crippen LogP contribution in [0, 0.1) is 0 Å². The van der Waals surface area contributed by atoms with Crippen LogP contribution in [0.15, 0.2) is 18.2 Å². The summed E-state index contributed by atoms with van der Waals surface area (Å²) in [4.78, 5) is 12.9. The van der Waals surface area contributed by atoms with Crippen molar-refractivity contribution in [1.29, 1.82) is 0 Å². The van der Waals surface area contributed by atoms with E-state index in [4.69, 9.17) is 9.84 Å². The Bertz CT molecular complexity index is 415. The summed E-state index contributed by atoms with van der Waals surface area (Å²) in [5.41, 5.74) is 1.30. The minimum Gasteiger partial charge on any atom is -0.492 e. The van der Waals surface area contributed by atoms with Gasteiger partial charge in [0.2, 0.25) is 0 Å². The summed E-state index contributed by atoms with van der Waals surface area (Å²) >= 11 is 0. The van der Waals surface area contributed by atoms with Gasteiger partial charge in [0.25, 0.3) is 0 Å². The van der Waals surface area contributed by atoms with Gasteiger partial charge in [-0.25, -0.2) is 4.79 Å². The predicted octanol–water partition coefficient (Wildman–Crippen LogP) is 1.25. The molecule has 4 heteroatoms. The lowest BCUT2D eigenvalue weighted by molar-refractivity contribution is 0.0696. The highest BCUT2D eigenvalue weighted by Crippen LogP contribution is 2.26. The number of likely N-dealkylation sites (N-methyl/N-ethyl adjacent to an activating group) is 1. The average molecular weight is 221 g/mol. The zero-order valence-corrected chi connectivity index (χ0v) is 9.43. The number of benzene rings is 1. The summed E-state index contributed by atoms with van der Waals surface area (Å²) in [5.74, 6) is -0.0853. The van der Waals surface area contributed by atoms with E-state index in [9.17, 15) is 4.79 Å². The first kappa shape index (κ1) is 11.0. The topological polar surface area (TPSA) is 49.8 Å². The zero-order valence-electron chi connectivity index (χ0n) is 9.43. The van der Waals surface area contributed by atoms with Crippen LogP contribution < -0.4 is 4.74 Å². The van der Waals surface area contributed by atoms with Gasteiger partial charge in [0.15, 0.2) is 0 Å². The molecule has 0 fully saturated rings. The van der Waals surface area contributed by atoms with Gasteiger partial charge in [0.1, 0.15) is 12.4 Å². The number of hydrogen-bond acceptors (Lipinski definition) is 3. The predicted molar refractivity (Wildman–Crippen MR) is 60.1 cm³/mol. The van der Waals surface area contributed by atoms with Crippen molar-refractivity contribution in [3.63, 3.8) is 0 Å². The van der Waals surface area contributed by atoms with Crippen LogP contribution in [0.3, 0.4) is 0 Å². The lowest BCUT2D eigenvalue weighted by atomic mass is 10.00. The summed E-state index contributed by atoms with van der Waals surface area (Å²) in [5, 5.41) is 8.91. The average Bonchev–Trinajstić information content (AvgIpc) is 2.27. The van der Waals surface area contributed by atoms with Gasteiger partial charge in [-0.3, -0.25) is 0 Å². The molecule has 2 rings (SSSR count). The third kappa shape index (κ3) is 2.02. The van der Waals surface area contributed by atoms with Gasteiger partial charge < -0.3 is 14.7 Å². The van der Waals surface area contributed by atoms with Crippen molar-refractivity contribution >= 4 is 5.97 Å². The molecule has 0 aliphatic carbocycles. The van der Waals surface area contributed by atoms with Gasteiger partial charge >= 0.3 is 5.97 Å². The van der Waals surface area contributed by atoms with E-state index in [0.29, 0.717) is 18.2 Å². The van der Waals surface area contributed by atoms with Crippen LogP contribution in [0.25, 0.3) is 0 Å². The van der Waals surface area contributed by atoms with E-state index < -0.39 is 5.97 Å². The minimum absolute atomic E-state index is 0.316. The maximum absolute atomic E-state index is 10.9. The van der Waals surface area contributed by atoms with Crippen LogP contribution in [-0.2, 0) is 6.42 Å². The maximum Gasteiger partial charge on any atom is 0.335 e. The number of aromatic carboxylic acids is 1. The summed E-state index contributed by atoms with van der Waals surface area (Å²) in [6.45, 7) is 0.659. The van der Waals surface area contributed by atoms with E-state index in [1.807, 2.05) is 14.1 Å². The normalized spacial score (nSPS) is 19.1. The minimum atomic E-state index is -0.894. The highest BCUT2D eigenvalue weighted by atomic mass is 16.5. The number of carboxylic acid groups (broad SMARTS) is 1. The molecule has 1 aliphatic rings. The number of nitrogens with zero attached hydrogens (tertiary/aromatic N) is 1. The lowest BCUT2D eigenvalue weighted by Gasteiger charge is -2.30. The van der Waals surface area contributed by atoms with Crippen LogP contribution in [-0.4, -0.2) is 42.7 Å². The summed E-state index contributed by atoms with van der Waals surface area (Å²) in [7, 11) is 4.00. The number of carbonyl (C=O) groups is 1. The first-order valence-corrected chi connectivity index (χ1v) is 5.23. The molecule has 1 atom stereocenters. The largest absolute Gasteiger partial charge is 0.492 e. The zero-order chi connectivity index (χ0) is 11.7. The van der Waals surface area contributed by atoms with E-state index in [2.05, 4.69) is 4.90 Å². The number of ether oxygens (including phenoxy) is 1. The summed E-state index contributed by atoms with van der Waals surface area (Å²) < 4.78 is 5.60. The van der Waals surface area contributed by atoms with Gasteiger partial charge in [-0.1, -0.05) is 0 Å². The molecule has 4 nitrogen and oxygen atoms in total. The standard InChI is InChI=1S/C12H15NO3/c1-13(2)10-6-9-5-8(12(14)15)3-4-11(9)16-7-10/h3-5,10H,6-7H2,1-2H3,(H,14,15). The van der Waals surface area contributed by atoms with Gasteiger partial charge in [-0.05, 0) is 44.3 Å². The molecule has 1 aromatic carbocycles. The Balaban J connectivity index is 2.28. The molecule has 16 heavy (non-hydrogen) atoms. The first-order chi connectivity index (χ1) is 7.58. The van der Waals surface area contributed by atoms with Crippen molar-refractivity contribution in [2.24, 2.45) is 0 Å². The van der Waals surface area contributed by atoms with Crippen LogP contribution in [0.4, 0.5) is 0 Å². The Kier molecular flexibility index (Phi) is 2.83. The molecule has 1 N–H and O–H groups in total. The number of rotatable bonds is 2. The highest BCUT2D eigenvalue weighted by molar-refractivity contribution is 5.88. The van der Waals surface area contributed by atoms with Crippen molar-refractivity contribution in [1.82, 2.24) is 4.90 Å². The second-order valence-corrected chi connectivity index (χ2v) is 4.26. The van der Waals surface area contributed by atoms with Crippen LogP contribution >= 0.6 is 0 Å². The fourth-order valence-electron chi connectivity index (χ4n) is 1.84. The van der Waals surface area contributed by atoms with Crippen LogP contribution in [0.2, 0.25) is 0 Å². The van der Waals surface area contributed by atoms with Gasteiger partial charge in [-0.15, -0.1) is 0 Å². The SMILES string of the molecule is CN(C)C1COc2ccc(C(=O)O)cc2C1. The van der Waals surface area contributed by atoms with Gasteiger partial charge in [0.05, 0.1) is 5.56 Å². The third-order valence-corrected chi connectivity index (χ3v) is 2.92. The smallest absolute Gasteiger partial charge is 0.335 e. The molecule has 0 amide bonds. The first-order valence-electron chi connectivity index (χ1n) is 5.23. The molecule has 1 unspecified atom stereocenters. The Morgan fingerprint density at radius 2 is 2.25 bits per heavy atom. The maximum atomic E-state index is 10.9. The van der Waals surface area contributed by atoms with Crippen molar-refractivity contribution in [3.05, 3.63) is 29.3 Å². The molecule has 0 saturated heterocycles. The fourth-order valence-corrected chi connectivity index (χ4v) is 1.84. The molecule has 1 heterocycles. The lowest BCUT2D eigenvalue weighted by Crippen LogP contribution is -2.38. The van der Waals surface area contributed by atoms with E-state index in [1.54, 1.807) is 18.2 Å². The Morgan fingerprint density at radius 1 is 1.50 bits per heavy atom. The quantitative estimate of drug-likeness (QED) is 0.816.